The number of carbonyl (C=O) groups is 5. The predicted octanol–water partition coefficient (Wildman–Crippen LogP) is 5.47. The van der Waals surface area contributed by atoms with Crippen molar-refractivity contribution < 1.29 is 33.5 Å². The van der Waals surface area contributed by atoms with Gasteiger partial charge in [0, 0.05) is 5.56 Å². The second kappa shape index (κ2) is 11.8. The zero-order valence-corrected chi connectivity index (χ0v) is 27.5. The van der Waals surface area contributed by atoms with Crippen molar-refractivity contribution in [3.8, 4) is 0 Å². The van der Waals surface area contributed by atoms with Crippen LogP contribution in [0.15, 0.2) is 107 Å². The first kappa shape index (κ1) is 31.6. The number of hydrazine groups is 1. The van der Waals surface area contributed by atoms with Crippen molar-refractivity contribution in [3.63, 3.8) is 0 Å². The number of nitrogens with zero attached hydrogens (tertiary/aromatic N) is 2. The van der Waals surface area contributed by atoms with E-state index in [0.717, 1.165) is 16.1 Å². The van der Waals surface area contributed by atoms with Crippen LogP contribution in [0.25, 0.3) is 0 Å². The van der Waals surface area contributed by atoms with Gasteiger partial charge in [0.15, 0.2) is 5.78 Å². The van der Waals surface area contributed by atoms with Gasteiger partial charge in [-0.2, -0.15) is 5.01 Å². The summed E-state index contributed by atoms with van der Waals surface area (Å²) in [7, 11) is 0. The molecule has 0 spiro atoms. The molecule has 50 heavy (non-hydrogen) atoms. The summed E-state index contributed by atoms with van der Waals surface area (Å²) in [6.07, 6.45) is 2.37. The second-order valence-electron chi connectivity index (χ2n) is 13.7. The molecule has 3 fully saturated rings. The number of anilines is 2. The monoisotopic (exact) mass is 669 g/mol. The van der Waals surface area contributed by atoms with Crippen molar-refractivity contribution >= 4 is 40.8 Å². The van der Waals surface area contributed by atoms with Gasteiger partial charge in [-0.1, -0.05) is 59.7 Å². The molecule has 252 valence electrons. The first-order chi connectivity index (χ1) is 24.1. The fourth-order valence-corrected chi connectivity index (χ4v) is 8.79. The van der Waals surface area contributed by atoms with Gasteiger partial charge in [0.1, 0.15) is 23.5 Å². The van der Waals surface area contributed by atoms with Gasteiger partial charge in [-0.3, -0.25) is 34.3 Å². The Morgan fingerprint density at radius 2 is 1.60 bits per heavy atom. The Labute approximate surface area is 288 Å². The maximum Gasteiger partial charge on any atom is 0.260 e. The van der Waals surface area contributed by atoms with Crippen LogP contribution in [-0.4, -0.2) is 39.5 Å². The number of carbonyl (C=O) groups excluding carboxylic acids is 5. The summed E-state index contributed by atoms with van der Waals surface area (Å²) in [5.41, 5.74) is 5.46. The molecule has 10 nitrogen and oxygen atoms in total. The average molecular weight is 670 g/mol. The minimum atomic E-state index is -1.45. The third kappa shape index (κ3) is 4.55. The van der Waals surface area contributed by atoms with E-state index >= 15 is 4.79 Å². The Hall–Kier alpha value is -5.61. The molecule has 0 radical (unpaired) electrons. The number of aryl methyl sites for hydroxylation is 1. The lowest BCUT2D eigenvalue weighted by Gasteiger charge is -2.49. The zero-order valence-electron chi connectivity index (χ0n) is 27.5. The quantitative estimate of drug-likeness (QED) is 0.150. The van der Waals surface area contributed by atoms with Crippen molar-refractivity contribution in [2.24, 2.45) is 23.7 Å². The summed E-state index contributed by atoms with van der Waals surface area (Å²) in [6.45, 7) is 3.04. The first-order valence-corrected chi connectivity index (χ1v) is 16.8. The molecule has 10 heteroatoms. The highest BCUT2D eigenvalue weighted by Gasteiger charge is 2.71. The molecule has 2 aliphatic heterocycles. The number of hydrogen-bond donors (Lipinski definition) is 2. The highest BCUT2D eigenvalue weighted by Crippen LogP contribution is 2.64. The first-order valence-electron chi connectivity index (χ1n) is 16.8. The SMILES string of the molecule is CC(=O)c1ccc(N2C(=O)C3CC=C4C(CC5C(=O)N(Nc6ccc(C)cc6)C(=O)C5(c5ccccc5)C4c4ccc(CO)o4)C3C2=O)cc1. The number of ketones is 1. The lowest BCUT2D eigenvalue weighted by atomic mass is 9.50. The topological polar surface area (TPSA) is 137 Å². The van der Waals surface area contributed by atoms with Crippen LogP contribution < -0.4 is 10.3 Å². The molecule has 2 N–H and O–H groups in total. The smallest absolute Gasteiger partial charge is 0.260 e. The highest BCUT2D eigenvalue weighted by molar-refractivity contribution is 6.22. The number of rotatable bonds is 7. The number of hydrogen-bond acceptors (Lipinski definition) is 8. The van der Waals surface area contributed by atoms with E-state index in [1.165, 1.54) is 11.8 Å². The van der Waals surface area contributed by atoms with E-state index in [-0.39, 0.29) is 37.0 Å². The van der Waals surface area contributed by atoms with Crippen LogP contribution in [0.5, 0.6) is 0 Å². The lowest BCUT2D eigenvalue weighted by Crippen LogP contribution is -2.53. The van der Waals surface area contributed by atoms with Gasteiger partial charge in [-0.05, 0) is 86.7 Å². The van der Waals surface area contributed by atoms with E-state index < -0.39 is 46.8 Å². The third-order valence-electron chi connectivity index (χ3n) is 11.0. The number of amides is 4. The van der Waals surface area contributed by atoms with E-state index in [2.05, 4.69) is 5.43 Å². The fourth-order valence-electron chi connectivity index (χ4n) is 8.79. The van der Waals surface area contributed by atoms with Crippen LogP contribution >= 0.6 is 0 Å². The molecular formula is C40H35N3O7. The second-order valence-corrected chi connectivity index (χ2v) is 13.7. The van der Waals surface area contributed by atoms with Crippen molar-refractivity contribution in [2.45, 2.75) is 44.6 Å². The third-order valence-corrected chi connectivity index (χ3v) is 11.0. The molecule has 1 saturated carbocycles. The number of aliphatic hydroxyl groups is 1. The Morgan fingerprint density at radius 3 is 2.26 bits per heavy atom. The van der Waals surface area contributed by atoms with E-state index in [1.54, 1.807) is 48.5 Å². The summed E-state index contributed by atoms with van der Waals surface area (Å²) in [4.78, 5) is 71.3. The molecule has 2 saturated heterocycles. The predicted molar refractivity (Wildman–Crippen MR) is 182 cm³/mol. The van der Waals surface area contributed by atoms with Gasteiger partial charge >= 0.3 is 0 Å². The van der Waals surface area contributed by atoms with Gasteiger partial charge < -0.3 is 9.52 Å². The van der Waals surface area contributed by atoms with Crippen LogP contribution in [-0.2, 0) is 31.2 Å². The van der Waals surface area contributed by atoms with Gasteiger partial charge in [-0.25, -0.2) is 0 Å². The normalized spacial score (nSPS) is 27.2. The zero-order chi connectivity index (χ0) is 34.9. The number of fused-ring (bicyclic) bond motifs is 4. The van der Waals surface area contributed by atoms with E-state index in [4.69, 9.17) is 4.42 Å². The molecule has 1 aromatic heterocycles. The number of Topliss-reactive ketones (excluding diaryl/α,β-unsaturated/α-hetero) is 1. The summed E-state index contributed by atoms with van der Waals surface area (Å²) >= 11 is 0. The molecule has 8 rings (SSSR count). The number of allylic oxidation sites excluding steroid dienone is 2. The number of imide groups is 2. The molecule has 3 aromatic carbocycles. The van der Waals surface area contributed by atoms with Crippen molar-refractivity contribution in [1.29, 1.82) is 0 Å². The number of benzene rings is 3. The Balaban J connectivity index is 1.28. The summed E-state index contributed by atoms with van der Waals surface area (Å²) in [6, 6.07) is 26.4. The van der Waals surface area contributed by atoms with Crippen LogP contribution in [0.2, 0.25) is 0 Å². The van der Waals surface area contributed by atoms with Gasteiger partial charge in [0.2, 0.25) is 11.8 Å². The van der Waals surface area contributed by atoms with Crippen LogP contribution in [0.3, 0.4) is 0 Å². The average Bonchev–Trinajstić information content (AvgIpc) is 3.77. The van der Waals surface area contributed by atoms with E-state index in [1.807, 2.05) is 55.5 Å². The van der Waals surface area contributed by atoms with Crippen LogP contribution in [0.1, 0.15) is 58.7 Å². The molecule has 2 aliphatic carbocycles. The summed E-state index contributed by atoms with van der Waals surface area (Å²) in [5, 5.41) is 11.1. The maximum atomic E-state index is 15.1. The van der Waals surface area contributed by atoms with E-state index in [9.17, 15) is 24.3 Å². The molecule has 3 heterocycles. The van der Waals surface area contributed by atoms with Crippen molar-refractivity contribution in [3.05, 3.63) is 131 Å². The molecule has 4 amide bonds. The van der Waals surface area contributed by atoms with Gasteiger partial charge in [0.25, 0.3) is 11.8 Å². The number of aliphatic hydroxyl groups excluding tert-OH is 1. The molecule has 4 aliphatic rings. The molecular weight excluding hydrogens is 634 g/mol. The van der Waals surface area contributed by atoms with Crippen LogP contribution in [0.4, 0.5) is 11.4 Å². The minimum absolute atomic E-state index is 0.128. The van der Waals surface area contributed by atoms with Crippen LogP contribution in [0, 0.1) is 30.6 Å². The lowest BCUT2D eigenvalue weighted by molar-refractivity contribution is -0.138. The molecule has 6 atom stereocenters. The maximum absolute atomic E-state index is 15.1. The number of furan rings is 1. The fraction of sp³-hybridized carbons (Fsp3) is 0.275. The van der Waals surface area contributed by atoms with Gasteiger partial charge in [0.05, 0.1) is 35.0 Å². The summed E-state index contributed by atoms with van der Waals surface area (Å²) in [5.74, 6) is -4.76. The van der Waals surface area contributed by atoms with E-state index in [0.29, 0.717) is 34.0 Å². The Kier molecular flexibility index (Phi) is 7.45. The molecule has 4 aromatic rings. The Morgan fingerprint density at radius 1 is 0.880 bits per heavy atom. The standard InChI is InChI=1S/C40H35N3O7/c1-22-8-12-26(13-9-22)41-43-37(47)32-20-31-29(17-18-30-34(31)38(48)42(36(30)46)27-14-10-24(11-15-27)23(2)45)35(33-19-16-28(21-44)50-33)40(32,39(43)49)25-6-4-3-5-7-25/h3-17,19,30-32,34-35,41,44H,18,20-21H2,1-2H3. The Bertz CT molecular complexity index is 2080. The molecule has 6 unspecified atom stereocenters. The largest absolute Gasteiger partial charge is 0.463 e. The summed E-state index contributed by atoms with van der Waals surface area (Å²) < 4.78 is 6.22. The highest BCUT2D eigenvalue weighted by atomic mass is 16.4. The number of nitrogens with one attached hydrogen (secondary N) is 1. The minimum Gasteiger partial charge on any atom is -0.463 e. The van der Waals surface area contributed by atoms with Gasteiger partial charge in [-0.15, -0.1) is 0 Å². The van der Waals surface area contributed by atoms with Crippen molar-refractivity contribution in [1.82, 2.24) is 5.01 Å². The van der Waals surface area contributed by atoms with Crippen molar-refractivity contribution in [2.75, 3.05) is 10.3 Å². The molecule has 0 bridgehead atoms.